The van der Waals surface area contributed by atoms with Crippen LogP contribution in [0.3, 0.4) is 0 Å². The van der Waals surface area contributed by atoms with Gasteiger partial charge in [-0.05, 0) is 49.8 Å². The summed E-state index contributed by atoms with van der Waals surface area (Å²) < 4.78 is 9.77. The smallest absolute Gasteiger partial charge is 0.336 e. The van der Waals surface area contributed by atoms with Gasteiger partial charge in [0.1, 0.15) is 23.7 Å². The van der Waals surface area contributed by atoms with Gasteiger partial charge in [0.05, 0.1) is 20.1 Å². The summed E-state index contributed by atoms with van der Waals surface area (Å²) in [5.41, 5.74) is 11.4. The van der Waals surface area contributed by atoms with E-state index in [9.17, 15) is 43.5 Å². The number of hydrogen-bond acceptors (Lipinski definition) is 11. The van der Waals surface area contributed by atoms with E-state index >= 15 is 0 Å². The number of anilines is 1. The number of aliphatic carboxylic acids is 1. The number of carboxylic acids is 1. The molecule has 1 aromatic heterocycles. The number of carboxylic acid groups (broad SMARTS) is 1. The van der Waals surface area contributed by atoms with E-state index in [1.54, 1.807) is 32.9 Å². The third-order valence-corrected chi connectivity index (χ3v) is 8.11. The molecule has 0 aliphatic carbocycles. The van der Waals surface area contributed by atoms with Crippen molar-refractivity contribution < 1.29 is 47.8 Å². The first kappa shape index (κ1) is 43.2. The van der Waals surface area contributed by atoms with Crippen molar-refractivity contribution in [1.82, 2.24) is 21.3 Å². The lowest BCUT2D eigenvalue weighted by Crippen LogP contribution is -2.56. The SMILES string of the molecule is CCC(C)C(NC(=O)CCC(=O)OC)C(=O)NC(CCC(=O)O)C(=O)NCC(=O)NC(CCCN=C(N)N)C(=O)Nc1ccc2c(C)cc(=O)oc2c1. The fraction of sp³-hybridized carbons (Fsp3) is 0.500. The van der Waals surface area contributed by atoms with Crippen LogP contribution in [0, 0.1) is 12.8 Å². The Balaban J connectivity index is 2.15. The van der Waals surface area contributed by atoms with Gasteiger partial charge in [-0.25, -0.2) is 4.79 Å². The van der Waals surface area contributed by atoms with Gasteiger partial charge in [-0.15, -0.1) is 0 Å². The maximum atomic E-state index is 13.3. The molecule has 19 heteroatoms. The van der Waals surface area contributed by atoms with Crippen LogP contribution in [0.4, 0.5) is 5.69 Å². The van der Waals surface area contributed by atoms with Gasteiger partial charge in [0.25, 0.3) is 0 Å². The summed E-state index contributed by atoms with van der Waals surface area (Å²) in [4.78, 5) is 104. The molecule has 0 saturated carbocycles. The van der Waals surface area contributed by atoms with Gasteiger partial charge in [-0.2, -0.15) is 0 Å². The number of benzene rings is 1. The molecular formula is C34H48N8O11. The minimum atomic E-state index is -1.42. The minimum absolute atomic E-state index is 0.0731. The van der Waals surface area contributed by atoms with Crippen LogP contribution in [0.1, 0.15) is 64.4 Å². The molecule has 290 valence electrons. The summed E-state index contributed by atoms with van der Waals surface area (Å²) in [5, 5.41) is 22.5. The number of aliphatic imine (C=N–C) groups is 1. The standard InChI is InChI=1S/C34H48N8O11/c1-5-18(2)30(42-25(43)11-13-28(47)52-4)33(51)41-23(10-12-27(45)46)31(49)38-17-26(44)40-22(7-6-14-37-34(35)36)32(50)39-20-8-9-21-19(3)15-29(48)53-24(21)16-20/h8-9,15-16,18,22-23,30H,5-7,10-14,17H2,1-4H3,(H,38,49)(H,39,50)(H,40,44)(H,41,51)(H,42,43)(H,45,46)(H4,35,36,37). The van der Waals surface area contributed by atoms with Crippen LogP contribution < -0.4 is 43.7 Å². The molecule has 1 aromatic carbocycles. The molecule has 0 radical (unpaired) electrons. The zero-order valence-electron chi connectivity index (χ0n) is 30.1. The number of hydrogen-bond donors (Lipinski definition) is 8. The second-order valence-electron chi connectivity index (χ2n) is 12.2. The molecule has 4 atom stereocenters. The number of aryl methyl sites for hydroxylation is 1. The maximum absolute atomic E-state index is 13.3. The number of nitrogens with two attached hydrogens (primary N) is 2. The highest BCUT2D eigenvalue weighted by Crippen LogP contribution is 2.21. The number of guanidine groups is 1. The number of amides is 5. The van der Waals surface area contributed by atoms with Gasteiger partial charge in [0.2, 0.25) is 29.5 Å². The third kappa shape index (κ3) is 15.0. The van der Waals surface area contributed by atoms with Crippen LogP contribution in [-0.2, 0) is 38.3 Å². The van der Waals surface area contributed by atoms with Gasteiger partial charge < -0.3 is 52.3 Å². The number of carbonyl (C=O) groups excluding carboxylic acids is 6. The molecule has 2 rings (SSSR count). The van der Waals surface area contributed by atoms with Gasteiger partial charge >= 0.3 is 17.6 Å². The van der Waals surface area contributed by atoms with Crippen molar-refractivity contribution >= 4 is 64.1 Å². The van der Waals surface area contributed by atoms with Crippen LogP contribution in [-0.4, -0.2) is 90.9 Å². The van der Waals surface area contributed by atoms with Crippen molar-refractivity contribution in [3.63, 3.8) is 0 Å². The monoisotopic (exact) mass is 744 g/mol. The summed E-state index contributed by atoms with van der Waals surface area (Å²) in [5.74, 6) is -6.16. The van der Waals surface area contributed by atoms with E-state index in [0.717, 1.165) is 0 Å². The minimum Gasteiger partial charge on any atom is -0.481 e. The summed E-state index contributed by atoms with van der Waals surface area (Å²) in [7, 11) is 1.17. The molecule has 0 saturated heterocycles. The number of fused-ring (bicyclic) bond motifs is 1. The van der Waals surface area contributed by atoms with Crippen LogP contribution in [0.5, 0.6) is 0 Å². The Morgan fingerprint density at radius 3 is 2.25 bits per heavy atom. The Morgan fingerprint density at radius 2 is 1.60 bits per heavy atom. The van der Waals surface area contributed by atoms with Gasteiger partial charge in [0.15, 0.2) is 5.96 Å². The highest BCUT2D eigenvalue weighted by atomic mass is 16.5. The molecule has 53 heavy (non-hydrogen) atoms. The highest BCUT2D eigenvalue weighted by molar-refractivity contribution is 5.99. The van der Waals surface area contributed by atoms with Crippen LogP contribution >= 0.6 is 0 Å². The molecular weight excluding hydrogens is 696 g/mol. The molecule has 2 aromatic rings. The van der Waals surface area contributed by atoms with E-state index in [1.807, 2.05) is 0 Å². The Labute approximate surface area is 305 Å². The first-order valence-electron chi connectivity index (χ1n) is 16.9. The quantitative estimate of drug-likeness (QED) is 0.0264. The highest BCUT2D eigenvalue weighted by Gasteiger charge is 2.31. The number of ether oxygens (including phenoxy) is 1. The fourth-order valence-corrected chi connectivity index (χ4v) is 5.00. The zero-order valence-corrected chi connectivity index (χ0v) is 30.1. The molecule has 10 N–H and O–H groups in total. The summed E-state index contributed by atoms with van der Waals surface area (Å²) in [6.45, 7) is 4.68. The third-order valence-electron chi connectivity index (χ3n) is 8.11. The molecule has 0 spiro atoms. The van der Waals surface area contributed by atoms with E-state index in [-0.39, 0.29) is 55.9 Å². The van der Waals surface area contributed by atoms with Crippen LogP contribution in [0.2, 0.25) is 0 Å². The van der Waals surface area contributed by atoms with E-state index in [1.165, 1.54) is 19.2 Å². The van der Waals surface area contributed by atoms with E-state index < -0.39 is 84.1 Å². The number of methoxy groups -OCH3 is 1. The summed E-state index contributed by atoms with van der Waals surface area (Å²) in [6.07, 6.45) is -0.543. The van der Waals surface area contributed by atoms with Crippen molar-refractivity contribution in [1.29, 1.82) is 0 Å². The lowest BCUT2D eigenvalue weighted by molar-refractivity contribution is -0.142. The molecule has 0 aliphatic heterocycles. The van der Waals surface area contributed by atoms with Crippen molar-refractivity contribution in [2.24, 2.45) is 22.4 Å². The normalized spacial score (nSPS) is 13.0. The Morgan fingerprint density at radius 1 is 0.906 bits per heavy atom. The van der Waals surface area contributed by atoms with Gasteiger partial charge in [-0.3, -0.25) is 38.6 Å². The van der Waals surface area contributed by atoms with Gasteiger partial charge in [0, 0.05) is 42.6 Å². The second kappa shape index (κ2) is 21.4. The average molecular weight is 745 g/mol. The summed E-state index contributed by atoms with van der Waals surface area (Å²) >= 11 is 0. The van der Waals surface area contributed by atoms with Crippen LogP contribution in [0.15, 0.2) is 38.5 Å². The number of carbonyl (C=O) groups is 7. The van der Waals surface area contributed by atoms with Gasteiger partial charge in [-0.1, -0.05) is 20.3 Å². The lowest BCUT2D eigenvalue weighted by Gasteiger charge is -2.26. The van der Waals surface area contributed by atoms with E-state index in [4.69, 9.17) is 15.9 Å². The zero-order chi connectivity index (χ0) is 39.7. The second-order valence-corrected chi connectivity index (χ2v) is 12.2. The number of rotatable bonds is 21. The Hall–Kier alpha value is -6.01. The fourth-order valence-electron chi connectivity index (χ4n) is 5.00. The average Bonchev–Trinajstić information content (AvgIpc) is 3.10. The first-order chi connectivity index (χ1) is 25.0. The predicted molar refractivity (Wildman–Crippen MR) is 192 cm³/mol. The topological polar surface area (TPSA) is 304 Å². The summed E-state index contributed by atoms with van der Waals surface area (Å²) in [6, 6.07) is 2.37. The lowest BCUT2D eigenvalue weighted by atomic mass is 9.97. The molecule has 4 unspecified atom stereocenters. The molecule has 1 heterocycles. The molecule has 0 fully saturated rings. The van der Waals surface area contributed by atoms with E-state index in [2.05, 4.69) is 36.3 Å². The molecule has 19 nitrogen and oxygen atoms in total. The number of esters is 1. The van der Waals surface area contributed by atoms with Crippen molar-refractivity contribution in [2.45, 2.75) is 83.8 Å². The molecule has 0 aliphatic rings. The Kier molecular flexibility index (Phi) is 17.4. The van der Waals surface area contributed by atoms with Crippen molar-refractivity contribution in [2.75, 3.05) is 25.5 Å². The molecule has 0 bridgehead atoms. The predicted octanol–water partition coefficient (Wildman–Crippen LogP) is -0.472. The molecule has 5 amide bonds. The number of nitrogens with one attached hydrogen (secondary N) is 5. The van der Waals surface area contributed by atoms with Crippen molar-refractivity contribution in [3.05, 3.63) is 40.2 Å². The Bertz CT molecular complexity index is 1740. The largest absolute Gasteiger partial charge is 0.481 e. The maximum Gasteiger partial charge on any atom is 0.336 e. The van der Waals surface area contributed by atoms with Crippen molar-refractivity contribution in [3.8, 4) is 0 Å². The number of nitrogens with zero attached hydrogens (tertiary/aromatic N) is 1. The van der Waals surface area contributed by atoms with Crippen LogP contribution in [0.25, 0.3) is 11.0 Å². The van der Waals surface area contributed by atoms with E-state index in [0.29, 0.717) is 17.4 Å². The first-order valence-corrected chi connectivity index (χ1v) is 16.9.